The molecule has 18 heavy (non-hydrogen) atoms. The second-order valence-corrected chi connectivity index (χ2v) is 6.02. The van der Waals surface area contributed by atoms with Crippen LogP contribution in [0.25, 0.3) is 0 Å². The SMILES string of the molecule is CC(=O)c1cc(NCC2CCSCC2)ccc1N. The monoisotopic (exact) mass is 264 g/mol. The summed E-state index contributed by atoms with van der Waals surface area (Å²) >= 11 is 2.04. The molecule has 1 aromatic rings. The Morgan fingerprint density at radius 1 is 1.44 bits per heavy atom. The first kappa shape index (κ1) is 13.3. The van der Waals surface area contributed by atoms with Gasteiger partial charge in [0.2, 0.25) is 0 Å². The van der Waals surface area contributed by atoms with Crippen molar-refractivity contribution >= 4 is 28.9 Å². The van der Waals surface area contributed by atoms with E-state index in [1.165, 1.54) is 24.3 Å². The Hall–Kier alpha value is -1.16. The first-order valence-electron chi connectivity index (χ1n) is 6.39. The average Bonchev–Trinajstić information content (AvgIpc) is 2.38. The van der Waals surface area contributed by atoms with Gasteiger partial charge in [-0.3, -0.25) is 4.79 Å². The third-order valence-electron chi connectivity index (χ3n) is 3.37. The molecule has 0 radical (unpaired) electrons. The van der Waals surface area contributed by atoms with Crippen LogP contribution in [0, 0.1) is 5.92 Å². The van der Waals surface area contributed by atoms with Gasteiger partial charge in [0.25, 0.3) is 0 Å². The molecule has 3 nitrogen and oxygen atoms in total. The predicted molar refractivity (Wildman–Crippen MR) is 79.4 cm³/mol. The fourth-order valence-corrected chi connectivity index (χ4v) is 3.39. The van der Waals surface area contributed by atoms with Crippen molar-refractivity contribution in [2.45, 2.75) is 19.8 Å². The predicted octanol–water partition coefficient (Wildman–Crippen LogP) is 3.03. The summed E-state index contributed by atoms with van der Waals surface area (Å²) < 4.78 is 0. The van der Waals surface area contributed by atoms with Crippen molar-refractivity contribution in [2.24, 2.45) is 5.92 Å². The Morgan fingerprint density at radius 3 is 2.83 bits per heavy atom. The zero-order valence-corrected chi connectivity index (χ0v) is 11.6. The number of carbonyl (C=O) groups excluding carboxylic acids is 1. The van der Waals surface area contributed by atoms with Crippen LogP contribution in [0.2, 0.25) is 0 Å². The minimum atomic E-state index is 0.0187. The van der Waals surface area contributed by atoms with E-state index in [9.17, 15) is 4.79 Å². The van der Waals surface area contributed by atoms with Gasteiger partial charge < -0.3 is 11.1 Å². The minimum absolute atomic E-state index is 0.0187. The number of hydrogen-bond donors (Lipinski definition) is 2. The average molecular weight is 264 g/mol. The van der Waals surface area contributed by atoms with Crippen LogP contribution in [0.4, 0.5) is 11.4 Å². The number of nitrogen functional groups attached to an aromatic ring is 1. The molecule has 0 unspecified atom stereocenters. The van der Waals surface area contributed by atoms with Gasteiger partial charge in [-0.05, 0) is 55.4 Å². The van der Waals surface area contributed by atoms with E-state index in [1.54, 1.807) is 13.0 Å². The highest BCUT2D eigenvalue weighted by atomic mass is 32.2. The highest BCUT2D eigenvalue weighted by molar-refractivity contribution is 7.99. The molecule has 1 aromatic carbocycles. The van der Waals surface area contributed by atoms with E-state index in [-0.39, 0.29) is 5.78 Å². The largest absolute Gasteiger partial charge is 0.398 e. The molecule has 0 saturated carbocycles. The molecule has 0 atom stereocenters. The van der Waals surface area contributed by atoms with Crippen LogP contribution in [0.1, 0.15) is 30.1 Å². The third kappa shape index (κ3) is 3.42. The molecule has 2 rings (SSSR count). The second-order valence-electron chi connectivity index (χ2n) is 4.79. The van der Waals surface area contributed by atoms with Crippen LogP contribution in [0.5, 0.6) is 0 Å². The lowest BCUT2D eigenvalue weighted by Crippen LogP contribution is -2.19. The van der Waals surface area contributed by atoms with Crippen LogP contribution < -0.4 is 11.1 Å². The molecule has 1 fully saturated rings. The highest BCUT2D eigenvalue weighted by Crippen LogP contribution is 2.24. The molecule has 0 aliphatic carbocycles. The van der Waals surface area contributed by atoms with Gasteiger partial charge in [-0.1, -0.05) is 0 Å². The van der Waals surface area contributed by atoms with Gasteiger partial charge in [0.05, 0.1) is 0 Å². The molecule has 1 aliphatic rings. The maximum atomic E-state index is 11.4. The van der Waals surface area contributed by atoms with E-state index in [2.05, 4.69) is 5.32 Å². The highest BCUT2D eigenvalue weighted by Gasteiger charge is 2.13. The zero-order chi connectivity index (χ0) is 13.0. The quantitative estimate of drug-likeness (QED) is 0.648. The summed E-state index contributed by atoms with van der Waals surface area (Å²) in [6.07, 6.45) is 2.57. The Kier molecular flexibility index (Phi) is 4.53. The Bertz CT molecular complexity index is 428. The summed E-state index contributed by atoms with van der Waals surface area (Å²) in [6.45, 7) is 2.54. The van der Waals surface area contributed by atoms with E-state index in [0.29, 0.717) is 11.3 Å². The third-order valence-corrected chi connectivity index (χ3v) is 4.42. The molecule has 1 saturated heterocycles. The molecular formula is C14H20N2OS. The van der Waals surface area contributed by atoms with Crippen molar-refractivity contribution < 1.29 is 4.79 Å². The number of carbonyl (C=O) groups is 1. The molecule has 0 aromatic heterocycles. The molecule has 1 aliphatic heterocycles. The van der Waals surface area contributed by atoms with Crippen molar-refractivity contribution in [3.8, 4) is 0 Å². The molecule has 4 heteroatoms. The Balaban J connectivity index is 1.96. The number of rotatable bonds is 4. The first-order chi connectivity index (χ1) is 8.66. The first-order valence-corrected chi connectivity index (χ1v) is 7.54. The summed E-state index contributed by atoms with van der Waals surface area (Å²) in [5.74, 6) is 3.31. The van der Waals surface area contributed by atoms with Crippen LogP contribution in [0.15, 0.2) is 18.2 Å². The molecule has 3 N–H and O–H groups in total. The number of nitrogens with two attached hydrogens (primary N) is 1. The number of thioether (sulfide) groups is 1. The summed E-state index contributed by atoms with van der Waals surface area (Å²) in [4.78, 5) is 11.4. The van der Waals surface area contributed by atoms with Crippen LogP contribution in [-0.4, -0.2) is 23.8 Å². The Labute approximate surface area is 113 Å². The summed E-state index contributed by atoms with van der Waals surface area (Å²) in [6, 6.07) is 5.60. The van der Waals surface area contributed by atoms with E-state index in [4.69, 9.17) is 5.73 Å². The van der Waals surface area contributed by atoms with Gasteiger partial charge in [-0.25, -0.2) is 0 Å². The number of benzene rings is 1. The normalized spacial score (nSPS) is 16.5. The van der Waals surface area contributed by atoms with Gasteiger partial charge >= 0.3 is 0 Å². The van der Waals surface area contributed by atoms with Crippen molar-refractivity contribution in [1.82, 2.24) is 0 Å². The standard InChI is InChI=1S/C14H20N2OS/c1-10(17)13-8-12(2-3-14(13)15)16-9-11-4-6-18-7-5-11/h2-3,8,11,16H,4-7,9,15H2,1H3. The number of anilines is 2. The smallest absolute Gasteiger partial charge is 0.161 e. The summed E-state index contributed by atoms with van der Waals surface area (Å²) in [7, 11) is 0. The molecule has 1 heterocycles. The molecule has 98 valence electrons. The van der Waals surface area contributed by atoms with Gasteiger partial charge in [-0.2, -0.15) is 11.8 Å². The zero-order valence-electron chi connectivity index (χ0n) is 10.7. The topological polar surface area (TPSA) is 55.1 Å². The lowest BCUT2D eigenvalue weighted by Gasteiger charge is -2.22. The lowest BCUT2D eigenvalue weighted by atomic mass is 10.0. The van der Waals surface area contributed by atoms with Gasteiger partial charge in [0.1, 0.15) is 0 Å². The number of ketones is 1. The van der Waals surface area contributed by atoms with E-state index in [1.807, 2.05) is 23.9 Å². The number of nitrogens with one attached hydrogen (secondary N) is 1. The molecule has 0 amide bonds. The maximum absolute atomic E-state index is 11.4. The van der Waals surface area contributed by atoms with E-state index < -0.39 is 0 Å². The van der Waals surface area contributed by atoms with Crippen LogP contribution in [-0.2, 0) is 0 Å². The second kappa shape index (κ2) is 6.14. The van der Waals surface area contributed by atoms with Crippen molar-refractivity contribution in [3.05, 3.63) is 23.8 Å². The van der Waals surface area contributed by atoms with Gasteiger partial charge in [0, 0.05) is 23.5 Å². The summed E-state index contributed by atoms with van der Waals surface area (Å²) in [5, 5.41) is 3.42. The van der Waals surface area contributed by atoms with Crippen LogP contribution >= 0.6 is 11.8 Å². The molecule has 0 bridgehead atoms. The van der Waals surface area contributed by atoms with Gasteiger partial charge in [-0.15, -0.1) is 0 Å². The minimum Gasteiger partial charge on any atom is -0.398 e. The maximum Gasteiger partial charge on any atom is 0.161 e. The van der Waals surface area contributed by atoms with E-state index >= 15 is 0 Å². The fraction of sp³-hybridized carbons (Fsp3) is 0.500. The van der Waals surface area contributed by atoms with Crippen molar-refractivity contribution in [2.75, 3.05) is 29.1 Å². The van der Waals surface area contributed by atoms with Crippen molar-refractivity contribution in [3.63, 3.8) is 0 Å². The number of Topliss-reactive ketones (excluding diaryl/α,β-unsaturated/α-hetero) is 1. The molecular weight excluding hydrogens is 244 g/mol. The lowest BCUT2D eigenvalue weighted by molar-refractivity contribution is 0.101. The fourth-order valence-electron chi connectivity index (χ4n) is 2.18. The summed E-state index contributed by atoms with van der Waals surface area (Å²) in [5.41, 5.74) is 7.94. The van der Waals surface area contributed by atoms with Crippen molar-refractivity contribution in [1.29, 1.82) is 0 Å². The van der Waals surface area contributed by atoms with Crippen LogP contribution in [0.3, 0.4) is 0 Å². The number of hydrogen-bond acceptors (Lipinski definition) is 4. The molecule has 0 spiro atoms. The van der Waals surface area contributed by atoms with Gasteiger partial charge in [0.15, 0.2) is 5.78 Å². The van der Waals surface area contributed by atoms with E-state index in [0.717, 1.165) is 18.2 Å². The Morgan fingerprint density at radius 2 is 2.17 bits per heavy atom.